The van der Waals surface area contributed by atoms with Crippen LogP contribution < -0.4 is 10.3 Å². The lowest BCUT2D eigenvalue weighted by molar-refractivity contribution is 0.0725. The number of hydrogen-bond acceptors (Lipinski definition) is 3. The quantitative estimate of drug-likeness (QED) is 0.715. The number of likely N-dealkylation sites (tertiary alicyclic amines) is 1. The Kier molecular flexibility index (Phi) is 4.67. The van der Waals surface area contributed by atoms with Gasteiger partial charge in [0.15, 0.2) is 0 Å². The Labute approximate surface area is 157 Å². The second-order valence-electron chi connectivity index (χ2n) is 6.82. The Morgan fingerprint density at radius 2 is 1.70 bits per heavy atom. The molecule has 3 aromatic rings. The molecule has 0 bridgehead atoms. The Morgan fingerprint density at radius 3 is 2.44 bits per heavy atom. The molecule has 0 atom stereocenters. The van der Waals surface area contributed by atoms with Crippen molar-refractivity contribution in [3.05, 3.63) is 70.6 Å². The van der Waals surface area contributed by atoms with E-state index in [1.54, 1.807) is 30.0 Å². The molecule has 1 aliphatic heterocycles. The highest BCUT2D eigenvalue weighted by Crippen LogP contribution is 2.22. The summed E-state index contributed by atoms with van der Waals surface area (Å²) < 4.78 is 6.83. The van der Waals surface area contributed by atoms with Gasteiger partial charge in [0.25, 0.3) is 11.5 Å². The van der Waals surface area contributed by atoms with Crippen molar-refractivity contribution in [2.75, 3.05) is 20.2 Å². The number of benzene rings is 2. The number of ether oxygens (including phenoxy) is 1. The summed E-state index contributed by atoms with van der Waals surface area (Å²) in [7, 11) is 1.59. The van der Waals surface area contributed by atoms with E-state index in [4.69, 9.17) is 4.74 Å². The van der Waals surface area contributed by atoms with Crippen LogP contribution in [0.5, 0.6) is 5.75 Å². The third kappa shape index (κ3) is 3.21. The van der Waals surface area contributed by atoms with Crippen LogP contribution in [0.15, 0.2) is 59.5 Å². The molecule has 1 fully saturated rings. The van der Waals surface area contributed by atoms with Crippen LogP contribution in [0.25, 0.3) is 16.5 Å². The Bertz CT molecular complexity index is 1050. The molecule has 0 unspecified atom stereocenters. The smallest absolute Gasteiger partial charge is 0.262 e. The Morgan fingerprint density at radius 1 is 0.963 bits per heavy atom. The molecule has 138 valence electrons. The predicted octanol–water partition coefficient (Wildman–Crippen LogP) is 3.63. The number of carbonyl (C=O) groups is 1. The van der Waals surface area contributed by atoms with Gasteiger partial charge in [-0.2, -0.15) is 0 Å². The fourth-order valence-corrected chi connectivity index (χ4v) is 3.68. The maximum atomic E-state index is 13.2. The van der Waals surface area contributed by atoms with Gasteiger partial charge < -0.3 is 9.64 Å². The first kappa shape index (κ1) is 17.3. The number of amides is 1. The molecule has 5 nitrogen and oxygen atoms in total. The van der Waals surface area contributed by atoms with Crippen molar-refractivity contribution in [1.29, 1.82) is 0 Å². The van der Waals surface area contributed by atoms with Gasteiger partial charge in [-0.25, -0.2) is 0 Å². The lowest BCUT2D eigenvalue weighted by atomic mass is 10.0. The van der Waals surface area contributed by atoms with Crippen LogP contribution in [-0.4, -0.2) is 35.6 Å². The maximum absolute atomic E-state index is 13.2. The molecule has 0 N–H and O–H groups in total. The number of hydrogen-bond donors (Lipinski definition) is 0. The molecule has 2 heterocycles. The van der Waals surface area contributed by atoms with Crippen molar-refractivity contribution in [2.45, 2.75) is 19.3 Å². The number of aromatic nitrogens is 1. The molecule has 27 heavy (non-hydrogen) atoms. The summed E-state index contributed by atoms with van der Waals surface area (Å²) in [5, 5.41) is 1.25. The zero-order valence-electron chi connectivity index (χ0n) is 15.4. The highest BCUT2D eigenvalue weighted by atomic mass is 16.5. The lowest BCUT2D eigenvalue weighted by Crippen LogP contribution is -2.36. The van der Waals surface area contributed by atoms with Gasteiger partial charge >= 0.3 is 0 Å². The number of rotatable bonds is 3. The number of carbonyl (C=O) groups excluding carboxylic acids is 1. The van der Waals surface area contributed by atoms with Crippen LogP contribution in [0.2, 0.25) is 0 Å². The molecule has 1 saturated heterocycles. The molecule has 2 aromatic carbocycles. The van der Waals surface area contributed by atoms with Crippen LogP contribution in [0.1, 0.15) is 29.6 Å². The largest absolute Gasteiger partial charge is 0.497 e. The van der Waals surface area contributed by atoms with E-state index in [1.165, 1.54) is 0 Å². The second kappa shape index (κ2) is 7.27. The van der Waals surface area contributed by atoms with Crippen molar-refractivity contribution in [3.63, 3.8) is 0 Å². The van der Waals surface area contributed by atoms with E-state index >= 15 is 0 Å². The highest BCUT2D eigenvalue weighted by molar-refractivity contribution is 6.06. The second-order valence-corrected chi connectivity index (χ2v) is 6.82. The molecule has 1 aromatic heterocycles. The summed E-state index contributed by atoms with van der Waals surface area (Å²) in [6.45, 7) is 1.54. The summed E-state index contributed by atoms with van der Waals surface area (Å²) in [6, 6.07) is 14.6. The minimum atomic E-state index is -0.144. The SMILES string of the molecule is COc1cccc(-n2cc(C(=O)N3CCCCC3)c3ccccc3c2=O)c1. The van der Waals surface area contributed by atoms with E-state index in [0.29, 0.717) is 27.8 Å². The van der Waals surface area contributed by atoms with Crippen molar-refractivity contribution in [1.82, 2.24) is 9.47 Å². The summed E-state index contributed by atoms with van der Waals surface area (Å²) >= 11 is 0. The average molecular weight is 362 g/mol. The molecular formula is C22H22N2O3. The number of fused-ring (bicyclic) bond motifs is 1. The molecule has 4 rings (SSSR count). The lowest BCUT2D eigenvalue weighted by Gasteiger charge is -2.27. The van der Waals surface area contributed by atoms with Crippen LogP contribution in [-0.2, 0) is 0 Å². The van der Waals surface area contributed by atoms with E-state index in [9.17, 15) is 9.59 Å². The molecule has 0 aliphatic carbocycles. The fraction of sp³-hybridized carbons (Fsp3) is 0.273. The van der Waals surface area contributed by atoms with Gasteiger partial charge in [-0.15, -0.1) is 0 Å². The summed E-state index contributed by atoms with van der Waals surface area (Å²) in [6.07, 6.45) is 4.89. The van der Waals surface area contributed by atoms with Gasteiger partial charge in [-0.05, 0) is 37.5 Å². The van der Waals surface area contributed by atoms with Gasteiger partial charge in [0.2, 0.25) is 0 Å². The normalized spacial score (nSPS) is 14.3. The summed E-state index contributed by atoms with van der Waals surface area (Å²) in [5.41, 5.74) is 1.10. The van der Waals surface area contributed by atoms with Gasteiger partial charge in [0.05, 0.1) is 18.4 Å². The fourth-order valence-electron chi connectivity index (χ4n) is 3.68. The predicted molar refractivity (Wildman–Crippen MR) is 106 cm³/mol. The van der Waals surface area contributed by atoms with Crippen LogP contribution >= 0.6 is 0 Å². The maximum Gasteiger partial charge on any atom is 0.262 e. The molecular weight excluding hydrogens is 340 g/mol. The van der Waals surface area contributed by atoms with E-state index < -0.39 is 0 Å². The van der Waals surface area contributed by atoms with Crippen molar-refractivity contribution in [2.24, 2.45) is 0 Å². The highest BCUT2D eigenvalue weighted by Gasteiger charge is 2.22. The molecule has 5 heteroatoms. The molecule has 0 spiro atoms. The zero-order valence-corrected chi connectivity index (χ0v) is 15.4. The standard InChI is InChI=1S/C22H22N2O3/c1-27-17-9-7-8-16(14-17)24-15-20(21(25)23-12-5-2-6-13-23)18-10-3-4-11-19(18)22(24)26/h3-4,7-11,14-15H,2,5-6,12-13H2,1H3. The van der Waals surface area contributed by atoms with Crippen LogP contribution in [0.3, 0.4) is 0 Å². The topological polar surface area (TPSA) is 51.5 Å². The van der Waals surface area contributed by atoms with E-state index in [2.05, 4.69) is 0 Å². The van der Waals surface area contributed by atoms with Crippen molar-refractivity contribution >= 4 is 16.7 Å². The van der Waals surface area contributed by atoms with E-state index in [0.717, 1.165) is 32.4 Å². The van der Waals surface area contributed by atoms with E-state index in [-0.39, 0.29) is 11.5 Å². The number of nitrogens with zero attached hydrogens (tertiary/aromatic N) is 2. The van der Waals surface area contributed by atoms with Gasteiger partial charge in [-0.1, -0.05) is 24.3 Å². The van der Waals surface area contributed by atoms with Gasteiger partial charge in [-0.3, -0.25) is 14.2 Å². The third-order valence-electron chi connectivity index (χ3n) is 5.13. The minimum Gasteiger partial charge on any atom is -0.497 e. The molecule has 0 saturated carbocycles. The average Bonchev–Trinajstić information content (AvgIpc) is 2.74. The molecule has 1 amide bonds. The van der Waals surface area contributed by atoms with Gasteiger partial charge in [0, 0.05) is 36.1 Å². The van der Waals surface area contributed by atoms with Gasteiger partial charge in [0.1, 0.15) is 5.75 Å². The summed E-state index contributed by atoms with van der Waals surface area (Å²) in [4.78, 5) is 28.2. The molecule has 0 radical (unpaired) electrons. The van der Waals surface area contributed by atoms with Crippen LogP contribution in [0, 0.1) is 0 Å². The van der Waals surface area contributed by atoms with Crippen molar-refractivity contribution in [3.8, 4) is 11.4 Å². The Balaban J connectivity index is 1.91. The number of pyridine rings is 1. The summed E-state index contributed by atoms with van der Waals surface area (Å²) in [5.74, 6) is 0.652. The van der Waals surface area contributed by atoms with Crippen LogP contribution in [0.4, 0.5) is 0 Å². The van der Waals surface area contributed by atoms with E-state index in [1.807, 2.05) is 41.3 Å². The molecule has 1 aliphatic rings. The zero-order chi connectivity index (χ0) is 18.8. The number of methoxy groups -OCH3 is 1. The first-order chi connectivity index (χ1) is 13.2. The first-order valence-electron chi connectivity index (χ1n) is 9.27. The third-order valence-corrected chi connectivity index (χ3v) is 5.13. The minimum absolute atomic E-state index is 0.0115. The number of piperidine rings is 1. The Hall–Kier alpha value is -3.08. The monoisotopic (exact) mass is 362 g/mol. The van der Waals surface area contributed by atoms with Crippen molar-refractivity contribution < 1.29 is 9.53 Å². The first-order valence-corrected chi connectivity index (χ1v) is 9.27.